The van der Waals surface area contributed by atoms with Crippen molar-refractivity contribution in [2.45, 2.75) is 24.7 Å². The van der Waals surface area contributed by atoms with Gasteiger partial charge in [0.05, 0.1) is 12.3 Å². The molecule has 1 aromatic heterocycles. The van der Waals surface area contributed by atoms with Crippen LogP contribution in [0.4, 0.5) is 18.9 Å². The average molecular weight is 472 g/mol. The molecule has 32 heavy (non-hydrogen) atoms. The Balaban J connectivity index is 1.44. The predicted octanol–water partition coefficient (Wildman–Crippen LogP) is 1.45. The molecule has 0 unspecified atom stereocenters. The molecule has 13 heteroatoms. The smallest absolute Gasteiger partial charge is 0.339 e. The summed E-state index contributed by atoms with van der Waals surface area (Å²) < 4.78 is 38.5. The summed E-state index contributed by atoms with van der Waals surface area (Å²) in [6.45, 7) is 4.11. The van der Waals surface area contributed by atoms with Crippen LogP contribution >= 0.6 is 11.8 Å². The number of hydrogen-bond acceptors (Lipinski definition) is 7. The van der Waals surface area contributed by atoms with Gasteiger partial charge in [0.15, 0.2) is 0 Å². The van der Waals surface area contributed by atoms with Crippen LogP contribution < -0.4 is 11.2 Å². The minimum Gasteiger partial charge on any atom is -0.339 e. The first-order chi connectivity index (χ1) is 15.2. The molecule has 0 radical (unpaired) electrons. The number of piperazine rings is 1. The number of carbonyl (C=O) groups is 2. The standard InChI is InChI=1S/C19H24F3N7O2S/c1-2-13-5-3-4-6-14(13)24-15(30)11-27-7-9-28(10-8-27)16(31)12-32-18-26-25-17(29(18)23)19(20,21)22/h3-6H,2,7-12,23H2,1H3,(H,24,30). The van der Waals surface area contributed by atoms with E-state index in [2.05, 4.69) is 15.5 Å². The van der Waals surface area contributed by atoms with Crippen molar-refractivity contribution in [1.82, 2.24) is 24.7 Å². The number of nitrogens with zero attached hydrogens (tertiary/aromatic N) is 5. The number of carbonyl (C=O) groups excluding carboxylic acids is 2. The van der Waals surface area contributed by atoms with Gasteiger partial charge in [0.1, 0.15) is 0 Å². The van der Waals surface area contributed by atoms with E-state index in [1.807, 2.05) is 36.1 Å². The van der Waals surface area contributed by atoms with E-state index in [0.29, 0.717) is 30.9 Å². The normalized spacial score (nSPS) is 15.1. The fourth-order valence-electron chi connectivity index (χ4n) is 3.29. The molecule has 3 N–H and O–H groups in total. The van der Waals surface area contributed by atoms with Crippen molar-refractivity contribution in [3.05, 3.63) is 35.7 Å². The number of hydrogen-bond donors (Lipinski definition) is 2. The zero-order valence-electron chi connectivity index (χ0n) is 17.4. The molecule has 1 aliphatic heterocycles. The number of aromatic nitrogens is 3. The van der Waals surface area contributed by atoms with Crippen molar-refractivity contribution >= 4 is 29.3 Å². The van der Waals surface area contributed by atoms with Gasteiger partial charge in [-0.25, -0.2) is 4.68 Å². The molecule has 1 saturated heterocycles. The fourth-order valence-corrected chi connectivity index (χ4v) is 4.04. The number of rotatable bonds is 7. The van der Waals surface area contributed by atoms with Gasteiger partial charge in [-0.15, -0.1) is 10.2 Å². The Morgan fingerprint density at radius 2 is 1.84 bits per heavy atom. The van der Waals surface area contributed by atoms with Crippen LogP contribution in [0.25, 0.3) is 0 Å². The highest BCUT2D eigenvalue weighted by molar-refractivity contribution is 7.99. The van der Waals surface area contributed by atoms with E-state index in [1.54, 1.807) is 4.90 Å². The topological polar surface area (TPSA) is 109 Å². The molecule has 0 saturated carbocycles. The van der Waals surface area contributed by atoms with Crippen LogP contribution in [0.1, 0.15) is 18.3 Å². The van der Waals surface area contributed by atoms with Gasteiger partial charge in [-0.3, -0.25) is 14.5 Å². The number of thioether (sulfide) groups is 1. The maximum atomic E-state index is 12.7. The number of alkyl halides is 3. The Labute approximate surface area is 187 Å². The average Bonchev–Trinajstić information content (AvgIpc) is 3.13. The number of nitrogen functional groups attached to an aromatic ring is 1. The molecule has 174 valence electrons. The number of para-hydroxylation sites is 1. The lowest BCUT2D eigenvalue weighted by Crippen LogP contribution is -2.50. The Hall–Kier alpha value is -2.80. The Morgan fingerprint density at radius 3 is 2.47 bits per heavy atom. The van der Waals surface area contributed by atoms with Crippen LogP contribution in [0.5, 0.6) is 0 Å². The summed E-state index contributed by atoms with van der Waals surface area (Å²) in [6.07, 6.45) is -3.90. The third kappa shape index (κ3) is 5.91. The summed E-state index contributed by atoms with van der Waals surface area (Å²) in [7, 11) is 0. The number of nitrogens with one attached hydrogen (secondary N) is 1. The summed E-state index contributed by atoms with van der Waals surface area (Å²) >= 11 is 0.797. The summed E-state index contributed by atoms with van der Waals surface area (Å²) in [4.78, 5) is 28.4. The van der Waals surface area contributed by atoms with Gasteiger partial charge >= 0.3 is 6.18 Å². The lowest BCUT2D eigenvalue weighted by molar-refractivity contribution is -0.146. The van der Waals surface area contributed by atoms with Gasteiger partial charge in [-0.2, -0.15) is 13.2 Å². The van der Waals surface area contributed by atoms with E-state index >= 15 is 0 Å². The van der Waals surface area contributed by atoms with Gasteiger partial charge in [-0.05, 0) is 18.1 Å². The van der Waals surface area contributed by atoms with Crippen molar-refractivity contribution in [2.24, 2.45) is 0 Å². The molecule has 0 atom stereocenters. The van der Waals surface area contributed by atoms with E-state index in [9.17, 15) is 22.8 Å². The second-order valence-corrected chi connectivity index (χ2v) is 8.12. The lowest BCUT2D eigenvalue weighted by atomic mass is 10.1. The third-order valence-electron chi connectivity index (χ3n) is 5.01. The van der Waals surface area contributed by atoms with Gasteiger partial charge in [-0.1, -0.05) is 36.9 Å². The highest BCUT2D eigenvalue weighted by Crippen LogP contribution is 2.29. The maximum absolute atomic E-state index is 12.7. The second-order valence-electron chi connectivity index (χ2n) is 7.18. The molecule has 2 amide bonds. The Morgan fingerprint density at radius 1 is 1.16 bits per heavy atom. The number of benzene rings is 1. The summed E-state index contributed by atoms with van der Waals surface area (Å²) in [5, 5.41) is 9.17. The molecule has 1 aromatic carbocycles. The van der Waals surface area contributed by atoms with E-state index in [4.69, 9.17) is 5.84 Å². The molecule has 9 nitrogen and oxygen atoms in total. The van der Waals surface area contributed by atoms with E-state index in [0.717, 1.165) is 29.4 Å². The highest BCUT2D eigenvalue weighted by Gasteiger charge is 2.38. The molecule has 3 rings (SSSR count). The largest absolute Gasteiger partial charge is 0.453 e. The van der Waals surface area contributed by atoms with Crippen LogP contribution in [-0.4, -0.2) is 75.0 Å². The van der Waals surface area contributed by atoms with Gasteiger partial charge in [0, 0.05) is 31.9 Å². The first-order valence-corrected chi connectivity index (χ1v) is 11.0. The maximum Gasteiger partial charge on any atom is 0.453 e. The van der Waals surface area contributed by atoms with Crippen LogP contribution in [-0.2, 0) is 22.2 Å². The van der Waals surface area contributed by atoms with Gasteiger partial charge < -0.3 is 16.1 Å². The van der Waals surface area contributed by atoms with Gasteiger partial charge in [0.2, 0.25) is 17.0 Å². The molecule has 2 aromatic rings. The zero-order chi connectivity index (χ0) is 23.3. The molecular weight excluding hydrogens is 447 g/mol. The number of anilines is 1. The second kappa shape index (κ2) is 10.2. The van der Waals surface area contributed by atoms with Crippen molar-refractivity contribution in [2.75, 3.05) is 49.6 Å². The predicted molar refractivity (Wildman–Crippen MR) is 113 cm³/mol. The van der Waals surface area contributed by atoms with E-state index in [1.165, 1.54) is 0 Å². The number of nitrogens with two attached hydrogens (primary N) is 1. The van der Waals surface area contributed by atoms with Crippen molar-refractivity contribution in [1.29, 1.82) is 0 Å². The van der Waals surface area contributed by atoms with E-state index in [-0.39, 0.29) is 29.3 Å². The lowest BCUT2D eigenvalue weighted by Gasteiger charge is -2.34. The highest BCUT2D eigenvalue weighted by atomic mass is 32.2. The molecule has 1 fully saturated rings. The van der Waals surface area contributed by atoms with E-state index < -0.39 is 12.0 Å². The molecule has 0 aliphatic carbocycles. The molecule has 2 heterocycles. The van der Waals surface area contributed by atoms with Crippen LogP contribution in [0.2, 0.25) is 0 Å². The molecule has 0 spiro atoms. The molecular formula is C19H24F3N7O2S. The molecule has 1 aliphatic rings. The molecule has 0 bridgehead atoms. The van der Waals surface area contributed by atoms with Crippen LogP contribution in [0.3, 0.4) is 0 Å². The summed E-state index contributed by atoms with van der Waals surface area (Å²) in [5.41, 5.74) is 1.86. The fraction of sp³-hybridized carbons (Fsp3) is 0.474. The van der Waals surface area contributed by atoms with Crippen molar-refractivity contribution < 1.29 is 22.8 Å². The third-order valence-corrected chi connectivity index (χ3v) is 5.94. The number of halogens is 3. The minimum atomic E-state index is -4.72. The quantitative estimate of drug-likeness (QED) is 0.465. The Kier molecular flexibility index (Phi) is 7.61. The number of aryl methyl sites for hydroxylation is 1. The zero-order valence-corrected chi connectivity index (χ0v) is 18.2. The summed E-state index contributed by atoms with van der Waals surface area (Å²) in [5.74, 6) is 3.58. The first-order valence-electron chi connectivity index (χ1n) is 9.97. The summed E-state index contributed by atoms with van der Waals surface area (Å²) in [6, 6.07) is 7.63. The van der Waals surface area contributed by atoms with Crippen LogP contribution in [0, 0.1) is 0 Å². The monoisotopic (exact) mass is 471 g/mol. The first kappa shape index (κ1) is 23.9. The van der Waals surface area contributed by atoms with Crippen molar-refractivity contribution in [3.8, 4) is 0 Å². The Bertz CT molecular complexity index is 959. The SMILES string of the molecule is CCc1ccccc1NC(=O)CN1CCN(C(=O)CSc2nnc(C(F)(F)F)n2N)CC1. The minimum absolute atomic E-state index is 0.110. The van der Waals surface area contributed by atoms with Gasteiger partial charge in [0.25, 0.3) is 5.82 Å². The van der Waals surface area contributed by atoms with Crippen molar-refractivity contribution in [3.63, 3.8) is 0 Å². The van der Waals surface area contributed by atoms with Crippen LogP contribution in [0.15, 0.2) is 29.4 Å². The number of amides is 2.